The molecule has 7 nitrogen and oxygen atoms in total. The topological polar surface area (TPSA) is 60.9 Å². The van der Waals surface area contributed by atoms with E-state index in [0.717, 1.165) is 37.6 Å². The second-order valence-corrected chi connectivity index (χ2v) is 7.33. The van der Waals surface area contributed by atoms with Gasteiger partial charge in [-0.2, -0.15) is 0 Å². The lowest BCUT2D eigenvalue weighted by atomic mass is 10.2. The Balaban J connectivity index is 1.40. The molecular weight excluding hydrogens is 354 g/mol. The minimum atomic E-state index is 0.00450. The molecule has 0 atom stereocenters. The van der Waals surface area contributed by atoms with Crippen molar-refractivity contribution in [2.75, 3.05) is 69.7 Å². The van der Waals surface area contributed by atoms with Crippen LogP contribution in [-0.4, -0.2) is 80.2 Å². The summed E-state index contributed by atoms with van der Waals surface area (Å²) in [4.78, 5) is 23.5. The number of amides is 1. The van der Waals surface area contributed by atoms with E-state index in [-0.39, 0.29) is 5.91 Å². The van der Waals surface area contributed by atoms with Gasteiger partial charge < -0.3 is 24.8 Å². The molecule has 7 heteroatoms. The standard InChI is InChI=1S/C21H27N5O2/c1-24-6-8-25(9-7-24)20-4-2-18(3-5-20)23-19-14-17(15-22-16-19)21(27)26-10-12-28-13-11-26/h2-5,14-16,23H,6-13H2,1H3. The number of aromatic nitrogens is 1. The van der Waals surface area contributed by atoms with Gasteiger partial charge >= 0.3 is 0 Å². The fourth-order valence-corrected chi connectivity index (χ4v) is 3.56. The molecule has 2 aliphatic heterocycles. The van der Waals surface area contributed by atoms with Crippen molar-refractivity contribution in [3.63, 3.8) is 0 Å². The summed E-state index contributed by atoms with van der Waals surface area (Å²) < 4.78 is 5.32. The average Bonchev–Trinajstić information content (AvgIpc) is 2.75. The normalized spacial score (nSPS) is 18.2. The molecule has 2 saturated heterocycles. The molecule has 0 bridgehead atoms. The van der Waals surface area contributed by atoms with E-state index in [1.165, 1.54) is 5.69 Å². The molecule has 148 valence electrons. The van der Waals surface area contributed by atoms with Crippen LogP contribution in [-0.2, 0) is 4.74 Å². The summed E-state index contributed by atoms with van der Waals surface area (Å²) in [5, 5.41) is 3.35. The third kappa shape index (κ3) is 4.43. The van der Waals surface area contributed by atoms with E-state index in [9.17, 15) is 4.79 Å². The molecule has 1 N–H and O–H groups in total. The number of piperazine rings is 1. The zero-order chi connectivity index (χ0) is 19.3. The lowest BCUT2D eigenvalue weighted by molar-refractivity contribution is 0.0302. The molecule has 0 radical (unpaired) electrons. The third-order valence-corrected chi connectivity index (χ3v) is 5.31. The van der Waals surface area contributed by atoms with E-state index in [0.29, 0.717) is 31.9 Å². The van der Waals surface area contributed by atoms with Gasteiger partial charge in [-0.15, -0.1) is 0 Å². The van der Waals surface area contributed by atoms with Crippen LogP contribution in [0.15, 0.2) is 42.7 Å². The molecule has 3 heterocycles. The Labute approximate surface area is 165 Å². The number of anilines is 3. The SMILES string of the molecule is CN1CCN(c2ccc(Nc3cncc(C(=O)N4CCOCC4)c3)cc2)CC1. The Bertz CT molecular complexity index is 797. The number of likely N-dealkylation sites (N-methyl/N-ethyl adjacent to an activating group) is 1. The van der Waals surface area contributed by atoms with Gasteiger partial charge in [0.05, 0.1) is 30.7 Å². The lowest BCUT2D eigenvalue weighted by Gasteiger charge is -2.34. The first-order valence-corrected chi connectivity index (χ1v) is 9.82. The van der Waals surface area contributed by atoms with E-state index in [2.05, 4.69) is 51.4 Å². The Morgan fingerprint density at radius 2 is 1.68 bits per heavy atom. The van der Waals surface area contributed by atoms with E-state index >= 15 is 0 Å². The smallest absolute Gasteiger partial charge is 0.255 e. The zero-order valence-corrected chi connectivity index (χ0v) is 16.3. The molecule has 1 amide bonds. The number of nitrogens with zero attached hydrogens (tertiary/aromatic N) is 4. The number of carbonyl (C=O) groups is 1. The van der Waals surface area contributed by atoms with Gasteiger partial charge in [-0.1, -0.05) is 0 Å². The van der Waals surface area contributed by atoms with Crippen molar-refractivity contribution in [3.8, 4) is 0 Å². The first kappa shape index (κ1) is 18.7. The number of benzene rings is 1. The molecular formula is C21H27N5O2. The number of ether oxygens (including phenoxy) is 1. The van der Waals surface area contributed by atoms with Crippen LogP contribution in [0.2, 0.25) is 0 Å². The van der Waals surface area contributed by atoms with Crippen molar-refractivity contribution in [2.24, 2.45) is 0 Å². The average molecular weight is 381 g/mol. The van der Waals surface area contributed by atoms with Crippen LogP contribution in [0.25, 0.3) is 0 Å². The highest BCUT2D eigenvalue weighted by Crippen LogP contribution is 2.22. The maximum Gasteiger partial charge on any atom is 0.255 e. The largest absolute Gasteiger partial charge is 0.378 e. The van der Waals surface area contributed by atoms with Crippen LogP contribution < -0.4 is 10.2 Å². The van der Waals surface area contributed by atoms with Crippen molar-refractivity contribution in [1.82, 2.24) is 14.8 Å². The number of morpholine rings is 1. The second-order valence-electron chi connectivity index (χ2n) is 7.33. The summed E-state index contributed by atoms with van der Waals surface area (Å²) in [6, 6.07) is 10.3. The number of pyridine rings is 1. The summed E-state index contributed by atoms with van der Waals surface area (Å²) in [5.74, 6) is 0.00450. The number of hydrogen-bond acceptors (Lipinski definition) is 6. The number of rotatable bonds is 4. The monoisotopic (exact) mass is 381 g/mol. The molecule has 0 aliphatic carbocycles. The van der Waals surface area contributed by atoms with Gasteiger partial charge in [-0.25, -0.2) is 0 Å². The molecule has 0 unspecified atom stereocenters. The van der Waals surface area contributed by atoms with Gasteiger partial charge in [0.25, 0.3) is 5.91 Å². The van der Waals surface area contributed by atoms with E-state index in [1.807, 2.05) is 11.0 Å². The zero-order valence-electron chi connectivity index (χ0n) is 16.3. The Kier molecular flexibility index (Phi) is 5.73. The highest BCUT2D eigenvalue weighted by Gasteiger charge is 2.19. The van der Waals surface area contributed by atoms with Crippen LogP contribution in [0.3, 0.4) is 0 Å². The van der Waals surface area contributed by atoms with Gasteiger partial charge in [-0.3, -0.25) is 9.78 Å². The maximum absolute atomic E-state index is 12.6. The van der Waals surface area contributed by atoms with Gasteiger partial charge in [0.2, 0.25) is 0 Å². The van der Waals surface area contributed by atoms with Crippen LogP contribution in [0, 0.1) is 0 Å². The quantitative estimate of drug-likeness (QED) is 0.875. The maximum atomic E-state index is 12.6. The Morgan fingerprint density at radius 3 is 2.39 bits per heavy atom. The van der Waals surface area contributed by atoms with Crippen LogP contribution in [0.1, 0.15) is 10.4 Å². The van der Waals surface area contributed by atoms with Gasteiger partial charge in [0, 0.05) is 56.8 Å². The minimum Gasteiger partial charge on any atom is -0.378 e. The molecule has 2 fully saturated rings. The predicted molar refractivity (Wildman–Crippen MR) is 110 cm³/mol. The number of hydrogen-bond donors (Lipinski definition) is 1. The molecule has 0 saturated carbocycles. The van der Waals surface area contributed by atoms with Crippen molar-refractivity contribution in [1.29, 1.82) is 0 Å². The lowest BCUT2D eigenvalue weighted by Crippen LogP contribution is -2.44. The highest BCUT2D eigenvalue weighted by atomic mass is 16.5. The molecule has 1 aromatic carbocycles. The first-order valence-electron chi connectivity index (χ1n) is 9.82. The van der Waals surface area contributed by atoms with Crippen molar-refractivity contribution in [3.05, 3.63) is 48.3 Å². The fourth-order valence-electron chi connectivity index (χ4n) is 3.56. The van der Waals surface area contributed by atoms with Gasteiger partial charge in [0.15, 0.2) is 0 Å². The predicted octanol–water partition coefficient (Wildman–Crippen LogP) is 2.05. The molecule has 4 rings (SSSR count). The Hall–Kier alpha value is -2.64. The second kappa shape index (κ2) is 8.58. The summed E-state index contributed by atoms with van der Waals surface area (Å²) >= 11 is 0. The van der Waals surface area contributed by atoms with Crippen molar-refractivity contribution in [2.45, 2.75) is 0 Å². The third-order valence-electron chi connectivity index (χ3n) is 5.31. The summed E-state index contributed by atoms with van der Waals surface area (Å²) in [5.41, 5.74) is 3.64. The van der Waals surface area contributed by atoms with Crippen LogP contribution in [0.5, 0.6) is 0 Å². The van der Waals surface area contributed by atoms with Gasteiger partial charge in [0.1, 0.15) is 0 Å². The van der Waals surface area contributed by atoms with Crippen LogP contribution in [0.4, 0.5) is 17.1 Å². The van der Waals surface area contributed by atoms with Crippen molar-refractivity contribution < 1.29 is 9.53 Å². The first-order chi connectivity index (χ1) is 13.7. The van der Waals surface area contributed by atoms with E-state index in [4.69, 9.17) is 4.74 Å². The number of nitrogens with one attached hydrogen (secondary N) is 1. The number of carbonyl (C=O) groups excluding carboxylic acids is 1. The highest BCUT2D eigenvalue weighted by molar-refractivity contribution is 5.95. The minimum absolute atomic E-state index is 0.00450. The fraction of sp³-hybridized carbons (Fsp3) is 0.429. The Morgan fingerprint density at radius 1 is 0.964 bits per heavy atom. The molecule has 2 aromatic rings. The van der Waals surface area contributed by atoms with E-state index < -0.39 is 0 Å². The molecule has 0 spiro atoms. The molecule has 2 aliphatic rings. The summed E-state index contributed by atoms with van der Waals surface area (Å²) in [6.07, 6.45) is 3.37. The van der Waals surface area contributed by atoms with Gasteiger partial charge in [-0.05, 0) is 37.4 Å². The van der Waals surface area contributed by atoms with Crippen LogP contribution >= 0.6 is 0 Å². The summed E-state index contributed by atoms with van der Waals surface area (Å²) in [7, 11) is 2.16. The van der Waals surface area contributed by atoms with E-state index in [1.54, 1.807) is 12.4 Å². The van der Waals surface area contributed by atoms with Crippen molar-refractivity contribution >= 4 is 23.0 Å². The summed E-state index contributed by atoms with van der Waals surface area (Å²) in [6.45, 7) is 6.74. The molecule has 1 aromatic heterocycles. The molecule has 28 heavy (non-hydrogen) atoms.